The van der Waals surface area contributed by atoms with Crippen LogP contribution in [0.5, 0.6) is 46.0 Å². The van der Waals surface area contributed by atoms with Crippen LogP contribution in [0.4, 0.5) is 13.2 Å². The Morgan fingerprint density at radius 1 is 0.385 bits per heavy atom. The Kier molecular flexibility index (Phi) is 25.6. The summed E-state index contributed by atoms with van der Waals surface area (Å²) in [5.74, 6) is -11.2. The number of alkyl halides is 3. The molecule has 9 aromatic carbocycles. The largest absolute Gasteiger partial charge is 0.461 e. The third kappa shape index (κ3) is 18.5. The van der Waals surface area contributed by atoms with Gasteiger partial charge < -0.3 is 47.4 Å². The molecule has 0 bridgehead atoms. The van der Waals surface area contributed by atoms with Gasteiger partial charge in [-0.25, -0.2) is 28.8 Å². The first kappa shape index (κ1) is 83.4. The molecular weight excluding hydrogens is 1600 g/mol. The predicted octanol–water partition coefficient (Wildman–Crippen LogP) is 19.3. The van der Waals surface area contributed by atoms with Crippen LogP contribution in [-0.2, 0) is 82.9 Å². The Morgan fingerprint density at radius 3 is 0.872 bits per heavy atom. The highest BCUT2D eigenvalue weighted by atomic mass is 35.5. The van der Waals surface area contributed by atoms with Crippen LogP contribution in [0.2, 0.25) is 0 Å². The number of fused-ring (bicyclic) bond motifs is 2. The minimum Gasteiger partial charge on any atom is -0.461 e. The van der Waals surface area contributed by atoms with Gasteiger partial charge in [-0.15, -0.1) is 0 Å². The summed E-state index contributed by atoms with van der Waals surface area (Å²) < 4.78 is 108. The molecule has 2 unspecified atom stereocenters. The summed E-state index contributed by atoms with van der Waals surface area (Å²) >= 11 is 23.3. The van der Waals surface area contributed by atoms with Crippen molar-refractivity contribution in [2.24, 2.45) is 0 Å². The van der Waals surface area contributed by atoms with Crippen LogP contribution < -0.4 is 18.9 Å². The summed E-state index contributed by atoms with van der Waals surface area (Å²) in [6.07, 6.45) is -1.99. The Morgan fingerprint density at radius 2 is 0.632 bits per heavy atom. The molecule has 2 saturated carbocycles. The summed E-state index contributed by atoms with van der Waals surface area (Å²) in [5, 5.41) is -1.92. The molecule has 2 aliphatic carbocycles. The Bertz CT molecular complexity index is 5240. The highest BCUT2D eigenvalue weighted by Crippen LogP contribution is 2.58. The van der Waals surface area contributed by atoms with Crippen molar-refractivity contribution in [2.45, 2.75) is 140 Å². The molecule has 4 aliphatic rings. The van der Waals surface area contributed by atoms with Gasteiger partial charge in [0.2, 0.25) is 0 Å². The summed E-state index contributed by atoms with van der Waals surface area (Å²) in [6.45, 7) is 14.8. The second-order valence-electron chi connectivity index (χ2n) is 28.4. The summed E-state index contributed by atoms with van der Waals surface area (Å²) in [6, 6.07) is 26.6. The molecule has 2 aliphatic heterocycles. The lowest BCUT2D eigenvalue weighted by Crippen LogP contribution is -2.53. The van der Waals surface area contributed by atoms with E-state index in [1.807, 2.05) is 0 Å². The average Bonchev–Trinajstić information content (AvgIpc) is 0.670. The van der Waals surface area contributed by atoms with Crippen LogP contribution in [0.1, 0.15) is 148 Å². The van der Waals surface area contributed by atoms with Crippen molar-refractivity contribution >= 4 is 149 Å². The van der Waals surface area contributed by atoms with Gasteiger partial charge in [-0.1, -0.05) is 141 Å². The van der Waals surface area contributed by atoms with Crippen LogP contribution in [0, 0.1) is 0 Å². The van der Waals surface area contributed by atoms with E-state index in [1.165, 1.54) is 48.5 Å². The first-order valence-corrected chi connectivity index (χ1v) is 39.3. The van der Waals surface area contributed by atoms with Gasteiger partial charge in [0.15, 0.2) is 0 Å². The van der Waals surface area contributed by atoms with E-state index in [0.717, 1.165) is 30.6 Å². The number of amides is 4. The Balaban J connectivity index is 1.13. The van der Waals surface area contributed by atoms with Gasteiger partial charge in [-0.2, -0.15) is 13.2 Å². The number of esters is 6. The molecule has 0 aromatic heterocycles. The van der Waals surface area contributed by atoms with Crippen LogP contribution in [0.25, 0.3) is 43.1 Å². The number of rotatable bonds is 32. The number of imide groups is 2. The minimum absolute atomic E-state index is 0.00195. The summed E-state index contributed by atoms with van der Waals surface area (Å²) in [7, 11) is 0. The molecule has 0 radical (unpaired) electrons. The van der Waals surface area contributed by atoms with Crippen molar-refractivity contribution in [3.05, 3.63) is 212 Å². The van der Waals surface area contributed by atoms with E-state index in [0.29, 0.717) is 60.8 Å². The molecule has 0 N–H and O–H groups in total. The standard InChI is InChI=1S/C88H75Cl4F3N2O20/c1-6-64(86(106)116-54-13-9-7-10-14-54)96-78(98)60-41-66(112-56-25-17-50(18-26-56)33-37-108-82(102)46(2)89)72-74-68(114-58-29-21-52(22-30-58)35-39-110-84(104)48(4)91)43-62-71-63(81(101)97(80(62)100)65(45-88(93,94)95)87(107)117-55-15-11-8-12-16-55)44-69(115-59-31-23-53(24-32-59)36-40-111-85(105)49(5)92)75(77(71)74)73-67(42-61(79(96)99)70(60)76(72)73)113-57-27-19-51(20-28-57)34-38-109-83(103)47(3)90/h17-32,41-44,54-55,64-65H,2-16,33-40,45H2,1H3. The van der Waals surface area contributed by atoms with Crippen LogP contribution >= 0.6 is 46.4 Å². The molecule has 29 heteroatoms. The topological polar surface area (TPSA) is 269 Å². The molecule has 117 heavy (non-hydrogen) atoms. The van der Waals surface area contributed by atoms with Crippen molar-refractivity contribution < 1.29 is 108 Å². The molecule has 13 rings (SSSR count). The third-order valence-corrected chi connectivity index (χ3v) is 21.2. The maximum absolute atomic E-state index is 16.3. The van der Waals surface area contributed by atoms with Crippen LogP contribution in [0.3, 0.4) is 0 Å². The van der Waals surface area contributed by atoms with E-state index in [1.54, 1.807) is 79.7 Å². The molecule has 22 nitrogen and oxygen atoms in total. The van der Waals surface area contributed by atoms with E-state index in [9.17, 15) is 28.8 Å². The van der Waals surface area contributed by atoms with Crippen molar-refractivity contribution in [1.82, 2.24) is 9.80 Å². The van der Waals surface area contributed by atoms with Gasteiger partial charge in [0, 0.05) is 68.8 Å². The minimum atomic E-state index is -5.21. The molecule has 2 atom stereocenters. The number of benzene rings is 9. The predicted molar refractivity (Wildman–Crippen MR) is 428 cm³/mol. The smallest absolute Gasteiger partial charge is 0.391 e. The Hall–Kier alpha value is -11.5. The monoisotopic (exact) mass is 1680 g/mol. The van der Waals surface area contributed by atoms with Gasteiger partial charge in [0.25, 0.3) is 23.6 Å². The molecule has 606 valence electrons. The van der Waals surface area contributed by atoms with Gasteiger partial charge in [-0.3, -0.25) is 29.0 Å². The van der Waals surface area contributed by atoms with Crippen molar-refractivity contribution in [2.75, 3.05) is 26.4 Å². The lowest BCUT2D eigenvalue weighted by Gasteiger charge is -2.36. The molecule has 0 saturated heterocycles. The molecule has 2 heterocycles. The number of hydrogen-bond acceptors (Lipinski definition) is 20. The van der Waals surface area contributed by atoms with Gasteiger partial charge >= 0.3 is 42.0 Å². The maximum Gasteiger partial charge on any atom is 0.391 e. The quantitative estimate of drug-likeness (QED) is 0.00946. The number of nitrogens with zero attached hydrogens (tertiary/aromatic N) is 2. The molecular formula is C88H75Cl4F3N2O20. The first-order chi connectivity index (χ1) is 56.0. The summed E-state index contributed by atoms with van der Waals surface area (Å²) in [5.41, 5.74) is 1.08. The van der Waals surface area contributed by atoms with Crippen LogP contribution in [0.15, 0.2) is 168 Å². The lowest BCUT2D eigenvalue weighted by atomic mass is 9.80. The van der Waals surface area contributed by atoms with Gasteiger partial charge in [-0.05, 0) is 153 Å². The van der Waals surface area contributed by atoms with Crippen molar-refractivity contribution in [1.29, 1.82) is 0 Å². The van der Waals surface area contributed by atoms with E-state index in [4.69, 9.17) is 93.8 Å². The zero-order valence-electron chi connectivity index (χ0n) is 63.0. The second kappa shape index (κ2) is 35.9. The average molecular weight is 1680 g/mol. The van der Waals surface area contributed by atoms with Gasteiger partial charge in [0.05, 0.1) is 55.1 Å². The summed E-state index contributed by atoms with van der Waals surface area (Å²) in [4.78, 5) is 145. The fourth-order valence-corrected chi connectivity index (χ4v) is 15.2. The van der Waals surface area contributed by atoms with Crippen molar-refractivity contribution in [3.8, 4) is 46.0 Å². The zero-order valence-corrected chi connectivity index (χ0v) is 66.1. The number of hydrogen-bond donors (Lipinski definition) is 0. The van der Waals surface area contributed by atoms with Crippen molar-refractivity contribution in [3.63, 3.8) is 0 Å². The number of halogens is 7. The number of carbonyl (C=O) groups excluding carboxylic acids is 10. The molecule has 9 aromatic rings. The molecule has 2 fully saturated rings. The normalized spacial score (nSPS) is 14.9. The first-order valence-electron chi connectivity index (χ1n) is 37.8. The zero-order chi connectivity index (χ0) is 83.3. The second-order valence-corrected chi connectivity index (χ2v) is 30.3. The highest BCUT2D eigenvalue weighted by Gasteiger charge is 2.50. The fraction of sp³-hybridized carbons (Fsp3) is 0.295. The highest BCUT2D eigenvalue weighted by molar-refractivity contribution is 6.46. The maximum atomic E-state index is 16.3. The molecule has 4 amide bonds. The van der Waals surface area contributed by atoms with E-state index >= 15 is 32.3 Å². The third-order valence-electron chi connectivity index (χ3n) is 20.6. The van der Waals surface area contributed by atoms with Crippen LogP contribution in [-0.4, -0.2) is 126 Å². The van der Waals surface area contributed by atoms with E-state index in [-0.39, 0.29) is 184 Å². The number of carbonyl (C=O) groups is 10. The van der Waals surface area contributed by atoms with E-state index < -0.39 is 107 Å². The van der Waals surface area contributed by atoms with E-state index in [2.05, 4.69) is 26.3 Å². The fourth-order valence-electron chi connectivity index (χ4n) is 15.0. The molecule has 0 spiro atoms. The Labute approximate surface area is 688 Å². The van der Waals surface area contributed by atoms with Gasteiger partial charge in [0.1, 0.15) is 90.4 Å². The number of ether oxygens (including phenoxy) is 10. The SMILES string of the molecule is C=C(Cl)C(=O)OCCc1ccc(Oc2cc3c4c(cc(Oc5ccc(CCOC(=O)C(=C)Cl)cc5)c5c6c(Oc7ccc(CCOC(=O)C(=C)Cl)cc7)cc7c8c(cc(Oc9ccc(CCOC(=O)C(=C)Cl)cc9)c(c2c45)c86)C(=O)N(C(CC(F)(F)F)C(=O)OC2CCCCC2)C7=O)C(=O)N(C(CC)C(=O)OC2CCCCC2)C3=O)cc1. The lowest BCUT2D eigenvalue weighted by molar-refractivity contribution is -0.171.